The van der Waals surface area contributed by atoms with Crippen LogP contribution in [0.2, 0.25) is 0 Å². The molecule has 0 aliphatic rings. The van der Waals surface area contributed by atoms with Crippen molar-refractivity contribution in [1.82, 2.24) is 4.98 Å². The molecule has 0 aliphatic carbocycles. The van der Waals surface area contributed by atoms with E-state index >= 15 is 0 Å². The van der Waals surface area contributed by atoms with E-state index in [1.54, 1.807) is 12.3 Å². The molecular formula is C16H11BrFNO2. The van der Waals surface area contributed by atoms with Crippen molar-refractivity contribution in [3.63, 3.8) is 0 Å². The predicted octanol–water partition coefficient (Wildman–Crippen LogP) is 4.82. The van der Waals surface area contributed by atoms with Crippen molar-refractivity contribution in [1.29, 1.82) is 0 Å². The fourth-order valence-corrected chi connectivity index (χ4v) is 2.30. The van der Waals surface area contributed by atoms with Gasteiger partial charge in [0.15, 0.2) is 0 Å². The number of oxazole rings is 1. The monoisotopic (exact) mass is 347 g/mol. The topological polar surface area (TPSA) is 35.3 Å². The molecule has 0 fully saturated rings. The van der Waals surface area contributed by atoms with Crippen LogP contribution in [0.25, 0.3) is 11.5 Å². The van der Waals surface area contributed by atoms with Gasteiger partial charge in [0, 0.05) is 5.56 Å². The first-order chi connectivity index (χ1) is 10.2. The molecule has 0 aliphatic heterocycles. The number of rotatable bonds is 4. The molecule has 2 aromatic carbocycles. The Morgan fingerprint density at radius 2 is 1.95 bits per heavy atom. The first kappa shape index (κ1) is 13.8. The lowest BCUT2D eigenvalue weighted by atomic mass is 10.2. The number of halogens is 2. The highest BCUT2D eigenvalue weighted by atomic mass is 79.9. The van der Waals surface area contributed by atoms with Crippen molar-refractivity contribution in [2.24, 2.45) is 0 Å². The number of hydrogen-bond donors (Lipinski definition) is 0. The average molecular weight is 348 g/mol. The van der Waals surface area contributed by atoms with E-state index in [9.17, 15) is 4.39 Å². The quantitative estimate of drug-likeness (QED) is 0.678. The van der Waals surface area contributed by atoms with Crippen LogP contribution in [0.15, 0.2) is 63.7 Å². The van der Waals surface area contributed by atoms with Gasteiger partial charge < -0.3 is 9.15 Å². The fraction of sp³-hybridized carbons (Fsp3) is 0.0625. The van der Waals surface area contributed by atoms with Gasteiger partial charge in [-0.1, -0.05) is 18.2 Å². The summed E-state index contributed by atoms with van der Waals surface area (Å²) in [6.07, 6.45) is 1.56. The van der Waals surface area contributed by atoms with Gasteiger partial charge in [-0.25, -0.2) is 9.37 Å². The summed E-state index contributed by atoms with van der Waals surface area (Å²) in [5.41, 5.74) is 1.58. The average Bonchev–Trinajstić information content (AvgIpc) is 2.96. The summed E-state index contributed by atoms with van der Waals surface area (Å²) in [6.45, 7) is 0.251. The van der Waals surface area contributed by atoms with Gasteiger partial charge >= 0.3 is 0 Å². The highest BCUT2D eigenvalue weighted by Gasteiger charge is 2.08. The van der Waals surface area contributed by atoms with E-state index in [-0.39, 0.29) is 12.4 Å². The van der Waals surface area contributed by atoms with Crippen LogP contribution >= 0.6 is 15.9 Å². The SMILES string of the molecule is Fc1ccc(OCc2coc(-c3ccccc3)n2)c(Br)c1. The Morgan fingerprint density at radius 1 is 1.14 bits per heavy atom. The number of ether oxygens (including phenoxy) is 1. The first-order valence-corrected chi connectivity index (χ1v) is 7.09. The summed E-state index contributed by atoms with van der Waals surface area (Å²) < 4.78 is 24.6. The molecule has 0 bridgehead atoms. The molecule has 0 radical (unpaired) electrons. The van der Waals surface area contributed by atoms with Gasteiger partial charge in [0.05, 0.1) is 4.47 Å². The maximum Gasteiger partial charge on any atom is 0.226 e. The van der Waals surface area contributed by atoms with Crippen LogP contribution in [0.4, 0.5) is 4.39 Å². The normalized spacial score (nSPS) is 10.6. The van der Waals surface area contributed by atoms with E-state index in [0.29, 0.717) is 21.8 Å². The molecule has 0 amide bonds. The molecule has 106 valence electrons. The zero-order valence-corrected chi connectivity index (χ0v) is 12.5. The van der Waals surface area contributed by atoms with E-state index < -0.39 is 0 Å². The van der Waals surface area contributed by atoms with E-state index in [2.05, 4.69) is 20.9 Å². The third kappa shape index (κ3) is 3.31. The van der Waals surface area contributed by atoms with Crippen molar-refractivity contribution in [2.75, 3.05) is 0 Å². The Hall–Kier alpha value is -2.14. The largest absolute Gasteiger partial charge is 0.486 e. The van der Waals surface area contributed by atoms with Crippen molar-refractivity contribution in [3.05, 3.63) is 70.8 Å². The molecule has 5 heteroatoms. The molecule has 3 aromatic rings. The summed E-state index contributed by atoms with van der Waals surface area (Å²) in [5, 5.41) is 0. The van der Waals surface area contributed by atoms with Crippen LogP contribution in [0.3, 0.4) is 0 Å². The standard InChI is InChI=1S/C16H11BrFNO2/c17-14-8-12(18)6-7-15(14)20-9-13-10-21-16(19-13)11-4-2-1-3-5-11/h1-8,10H,9H2. The second-order valence-corrected chi connectivity index (χ2v) is 5.23. The number of nitrogens with zero attached hydrogens (tertiary/aromatic N) is 1. The minimum atomic E-state index is -0.318. The van der Waals surface area contributed by atoms with E-state index in [0.717, 1.165) is 5.56 Å². The Kier molecular flexibility index (Phi) is 4.01. The van der Waals surface area contributed by atoms with Crippen LogP contribution in [0.5, 0.6) is 5.75 Å². The van der Waals surface area contributed by atoms with Crippen LogP contribution in [-0.4, -0.2) is 4.98 Å². The molecule has 0 unspecified atom stereocenters. The zero-order valence-electron chi connectivity index (χ0n) is 10.9. The Balaban J connectivity index is 1.70. The maximum absolute atomic E-state index is 13.0. The van der Waals surface area contributed by atoms with E-state index in [1.807, 2.05) is 30.3 Å². The summed E-state index contributed by atoms with van der Waals surface area (Å²) in [6, 6.07) is 13.9. The molecule has 0 saturated carbocycles. The molecular weight excluding hydrogens is 337 g/mol. The fourth-order valence-electron chi connectivity index (χ4n) is 1.83. The Morgan fingerprint density at radius 3 is 2.71 bits per heavy atom. The molecule has 3 rings (SSSR count). The van der Waals surface area contributed by atoms with Crippen LogP contribution in [-0.2, 0) is 6.61 Å². The van der Waals surface area contributed by atoms with Gasteiger partial charge in [0.2, 0.25) is 5.89 Å². The van der Waals surface area contributed by atoms with Crippen molar-refractivity contribution >= 4 is 15.9 Å². The van der Waals surface area contributed by atoms with Gasteiger partial charge in [-0.15, -0.1) is 0 Å². The van der Waals surface area contributed by atoms with Gasteiger partial charge in [-0.05, 0) is 46.3 Å². The number of benzene rings is 2. The minimum Gasteiger partial charge on any atom is -0.486 e. The molecule has 0 atom stereocenters. The lowest BCUT2D eigenvalue weighted by Gasteiger charge is -2.05. The van der Waals surface area contributed by atoms with Gasteiger partial charge in [0.25, 0.3) is 0 Å². The van der Waals surface area contributed by atoms with E-state index in [1.165, 1.54) is 12.1 Å². The van der Waals surface area contributed by atoms with Crippen LogP contribution in [0, 0.1) is 5.82 Å². The van der Waals surface area contributed by atoms with Crippen molar-refractivity contribution < 1.29 is 13.5 Å². The van der Waals surface area contributed by atoms with Crippen LogP contribution in [0.1, 0.15) is 5.69 Å². The highest BCUT2D eigenvalue weighted by molar-refractivity contribution is 9.10. The Labute approximate surface area is 129 Å². The highest BCUT2D eigenvalue weighted by Crippen LogP contribution is 2.26. The summed E-state index contributed by atoms with van der Waals surface area (Å²) >= 11 is 3.25. The molecule has 0 spiro atoms. The third-order valence-electron chi connectivity index (χ3n) is 2.84. The molecule has 3 nitrogen and oxygen atoms in total. The number of hydrogen-bond acceptors (Lipinski definition) is 3. The molecule has 0 saturated heterocycles. The first-order valence-electron chi connectivity index (χ1n) is 6.30. The molecule has 1 heterocycles. The lowest BCUT2D eigenvalue weighted by molar-refractivity contribution is 0.298. The van der Waals surface area contributed by atoms with Crippen molar-refractivity contribution in [3.8, 4) is 17.2 Å². The van der Waals surface area contributed by atoms with Crippen LogP contribution < -0.4 is 4.74 Å². The lowest BCUT2D eigenvalue weighted by Crippen LogP contribution is -1.96. The maximum atomic E-state index is 13.0. The smallest absolute Gasteiger partial charge is 0.226 e. The second kappa shape index (κ2) is 6.10. The summed E-state index contributed by atoms with van der Waals surface area (Å²) in [5.74, 6) is 0.787. The number of aromatic nitrogens is 1. The second-order valence-electron chi connectivity index (χ2n) is 4.37. The molecule has 21 heavy (non-hydrogen) atoms. The molecule has 1 aromatic heterocycles. The van der Waals surface area contributed by atoms with Gasteiger partial charge in [-0.2, -0.15) is 0 Å². The van der Waals surface area contributed by atoms with Gasteiger partial charge in [0.1, 0.15) is 30.1 Å². The third-order valence-corrected chi connectivity index (χ3v) is 3.46. The summed E-state index contributed by atoms with van der Waals surface area (Å²) in [7, 11) is 0. The minimum absolute atomic E-state index is 0.251. The molecule has 0 N–H and O–H groups in total. The van der Waals surface area contributed by atoms with Crippen molar-refractivity contribution in [2.45, 2.75) is 6.61 Å². The van der Waals surface area contributed by atoms with Gasteiger partial charge in [-0.3, -0.25) is 0 Å². The Bertz CT molecular complexity index is 743. The summed E-state index contributed by atoms with van der Waals surface area (Å²) in [4.78, 5) is 4.36. The zero-order chi connectivity index (χ0) is 14.7. The van der Waals surface area contributed by atoms with E-state index in [4.69, 9.17) is 9.15 Å². The predicted molar refractivity (Wildman–Crippen MR) is 80.4 cm³/mol.